The Bertz CT molecular complexity index is 4250. The fourth-order valence-corrected chi connectivity index (χ4v) is 11.7. The van der Waals surface area contributed by atoms with Crippen LogP contribution in [0.1, 0.15) is 70.9 Å². The Hall–Kier alpha value is -10.7. The van der Waals surface area contributed by atoms with E-state index in [1.54, 1.807) is 48.5 Å². The molecule has 12 heteroatoms. The Balaban J connectivity index is 0.000000147. The van der Waals surface area contributed by atoms with Crippen LogP contribution in [-0.2, 0) is 20.5 Å². The number of pyridine rings is 2. The van der Waals surface area contributed by atoms with E-state index in [1.807, 2.05) is 0 Å². The van der Waals surface area contributed by atoms with Crippen molar-refractivity contribution in [3.8, 4) is 11.5 Å². The quantitative estimate of drug-likeness (QED) is 0.114. The van der Waals surface area contributed by atoms with Gasteiger partial charge in [0.25, 0.3) is 0 Å². The third kappa shape index (κ3) is 13.3. The summed E-state index contributed by atoms with van der Waals surface area (Å²) in [6.45, 7) is 8.84. The smallest absolute Gasteiger partial charge is 0.335 e. The van der Waals surface area contributed by atoms with Gasteiger partial charge in [-0.15, -0.1) is 0 Å². The van der Waals surface area contributed by atoms with Crippen LogP contribution in [0.3, 0.4) is 0 Å². The molecule has 12 rings (SSSR count). The molecule has 2 N–H and O–H groups in total. The van der Waals surface area contributed by atoms with Gasteiger partial charge in [-0.05, 0) is 162 Å². The maximum atomic E-state index is 12.9. The van der Waals surface area contributed by atoms with Gasteiger partial charge in [0.15, 0.2) is 0 Å². The fraction of sp³-hybridized carbons (Fsp3) is 0.169. The number of para-hydroxylation sites is 2. The maximum Gasteiger partial charge on any atom is 0.335 e. The lowest BCUT2D eigenvalue weighted by molar-refractivity contribution is -0.646. The second kappa shape index (κ2) is 26.5. The summed E-state index contributed by atoms with van der Waals surface area (Å²) in [4.78, 5) is 32.1. The van der Waals surface area contributed by atoms with Crippen molar-refractivity contribution in [2.24, 2.45) is 14.1 Å². The molecule has 12 nitrogen and oxygen atoms in total. The molecule has 0 bridgehead atoms. The number of carbonyl (C=O) groups is 2. The maximum absolute atomic E-state index is 12.9. The highest BCUT2D eigenvalue weighted by Crippen LogP contribution is 2.38. The predicted octanol–water partition coefficient (Wildman–Crippen LogP) is 14.1. The van der Waals surface area contributed by atoms with E-state index in [0.717, 1.165) is 0 Å². The van der Waals surface area contributed by atoms with Crippen molar-refractivity contribution < 1.29 is 39.1 Å². The normalized spacial score (nSPS) is 14.9. The number of aromatic carboxylic acids is 2. The summed E-state index contributed by atoms with van der Waals surface area (Å²) in [5.41, 5.74) is 14.4. The number of benzene rings is 8. The van der Waals surface area contributed by atoms with Crippen molar-refractivity contribution >= 4 is 90.2 Å². The molecule has 8 aromatic carbocycles. The zero-order chi connectivity index (χ0) is 63.2. The predicted molar refractivity (Wildman–Crippen MR) is 361 cm³/mol. The van der Waals surface area contributed by atoms with Gasteiger partial charge in [-0.25, -0.2) is 9.59 Å². The van der Waals surface area contributed by atoms with E-state index in [1.165, 1.54) is 90.4 Å². The third-order valence-electron chi connectivity index (χ3n) is 16.7. The minimum atomic E-state index is -1.35. The summed E-state index contributed by atoms with van der Waals surface area (Å²) in [5, 5.41) is 49.3. The number of nitrogens with zero attached hydrogens (tertiary/aromatic N) is 6. The van der Waals surface area contributed by atoms with Crippen LogP contribution in [-0.4, -0.2) is 62.4 Å². The molecule has 0 fully saturated rings. The SMILES string of the molecule is CC1=CN(c2ccccc2)C(C)C(/C=C/c2ccc3cc(N(C)C)ccc3[n+]2C)=C1.CC1=CN(c2ccccc2)C(C)C(/C=C/c2ccc3cc(N(C)C)ccc3[n+]2C)=C1.O=C(O)c1cc2ccccc2c(Cc2c([O-])c(C(=O)O)cc3ccccc23)c1[O-]. The van der Waals surface area contributed by atoms with Crippen molar-refractivity contribution in [2.45, 2.75) is 46.2 Å². The molecule has 89 heavy (non-hydrogen) atoms. The standard InChI is InChI=1S/2C27H30N3.C23H16O6/c2*1-20-17-22(21(2)30(19-20)25-9-7-6-8-10-25)11-13-24-14-12-23-18-26(28(3)4)15-16-27(23)29(24)5;24-20-16(14-7-3-1-5-12(14)9-18(20)22(26)27)11-17-15-8-4-2-6-13(15)10-19(21(17)25)23(28)29/h2*6-19,21H,1-5H3;1-10,24-25H,11H2,(H,26,27)(H,28,29)/q2*+1;/p-2. The number of rotatable bonds is 12. The van der Waals surface area contributed by atoms with E-state index < -0.39 is 23.4 Å². The molecule has 0 aliphatic carbocycles. The molecule has 0 radical (unpaired) electrons. The number of hydrogen-bond donors (Lipinski definition) is 2. The van der Waals surface area contributed by atoms with Crippen molar-refractivity contribution in [3.63, 3.8) is 0 Å². The van der Waals surface area contributed by atoms with Crippen LogP contribution in [0, 0.1) is 0 Å². The summed E-state index contributed by atoms with van der Waals surface area (Å²) >= 11 is 0. The Kier molecular flexibility index (Phi) is 18.3. The number of carboxylic acid groups (broad SMARTS) is 2. The Morgan fingerprint density at radius 1 is 0.483 bits per heavy atom. The Morgan fingerprint density at radius 3 is 1.22 bits per heavy atom. The lowest BCUT2D eigenvalue weighted by Gasteiger charge is -2.32. The van der Waals surface area contributed by atoms with Crippen molar-refractivity contribution in [1.82, 2.24) is 0 Å². The number of hydrogen-bond acceptors (Lipinski definition) is 8. The van der Waals surface area contributed by atoms with Gasteiger partial charge < -0.3 is 40.0 Å². The van der Waals surface area contributed by atoms with Crippen molar-refractivity contribution in [2.75, 3.05) is 47.8 Å². The number of fused-ring (bicyclic) bond motifs is 4. The second-order valence-corrected chi connectivity index (χ2v) is 23.1. The van der Waals surface area contributed by atoms with E-state index >= 15 is 0 Å². The molecule has 0 saturated heterocycles. The summed E-state index contributed by atoms with van der Waals surface area (Å²) in [5.74, 6) is -4.07. The van der Waals surface area contributed by atoms with Crippen LogP contribution in [0.5, 0.6) is 11.5 Å². The first-order valence-corrected chi connectivity index (χ1v) is 29.7. The molecule has 2 aliphatic heterocycles. The van der Waals surface area contributed by atoms with Gasteiger partial charge in [0, 0.05) is 111 Å². The van der Waals surface area contributed by atoms with Gasteiger partial charge >= 0.3 is 11.9 Å². The van der Waals surface area contributed by atoms with Gasteiger partial charge in [-0.1, -0.05) is 121 Å². The van der Waals surface area contributed by atoms with E-state index in [4.69, 9.17) is 0 Å². The van der Waals surface area contributed by atoms with Gasteiger partial charge in [0.05, 0.1) is 23.2 Å². The van der Waals surface area contributed by atoms with Gasteiger partial charge in [0.1, 0.15) is 14.1 Å². The Morgan fingerprint density at radius 2 is 0.854 bits per heavy atom. The van der Waals surface area contributed by atoms with Crippen LogP contribution in [0.15, 0.2) is 241 Å². The molecule has 2 atom stereocenters. The number of allylic oxidation sites excluding steroid dienone is 4. The van der Waals surface area contributed by atoms with Gasteiger partial charge in [-0.3, -0.25) is 0 Å². The topological polar surface area (TPSA) is 141 Å². The third-order valence-corrected chi connectivity index (χ3v) is 16.7. The number of aromatic nitrogens is 2. The molecule has 4 heterocycles. The minimum absolute atomic E-state index is 0.158. The molecular weight excluding hydrogens is 1100 g/mol. The zero-order valence-electron chi connectivity index (χ0n) is 52.0. The van der Waals surface area contributed by atoms with Crippen LogP contribution >= 0.6 is 0 Å². The van der Waals surface area contributed by atoms with Crippen molar-refractivity contribution in [1.29, 1.82) is 0 Å². The fourth-order valence-electron chi connectivity index (χ4n) is 11.7. The van der Waals surface area contributed by atoms with Crippen LogP contribution in [0.2, 0.25) is 0 Å². The highest BCUT2D eigenvalue weighted by Gasteiger charge is 2.23. The van der Waals surface area contributed by atoms with Crippen molar-refractivity contribution in [3.05, 3.63) is 275 Å². The van der Waals surface area contributed by atoms with E-state index in [0.29, 0.717) is 21.5 Å². The molecule has 0 saturated carbocycles. The average molecular weight is 1180 g/mol. The molecule has 448 valence electrons. The van der Waals surface area contributed by atoms with Crippen LogP contribution in [0.25, 0.3) is 55.5 Å². The van der Waals surface area contributed by atoms with Gasteiger partial charge in [-0.2, -0.15) is 9.13 Å². The first kappa shape index (κ1) is 61.4. The molecule has 0 spiro atoms. The van der Waals surface area contributed by atoms with Crippen LogP contribution in [0.4, 0.5) is 22.7 Å². The molecule has 2 aromatic heterocycles. The van der Waals surface area contributed by atoms with E-state index in [9.17, 15) is 30.0 Å². The Labute approximate surface area is 521 Å². The molecule has 2 unspecified atom stereocenters. The number of carboxylic acids is 2. The summed E-state index contributed by atoms with van der Waals surface area (Å²) in [6.07, 6.45) is 17.8. The van der Waals surface area contributed by atoms with Gasteiger partial charge in [0.2, 0.25) is 22.4 Å². The minimum Gasteiger partial charge on any atom is -0.872 e. The monoisotopic (exact) mass is 1180 g/mol. The summed E-state index contributed by atoms with van der Waals surface area (Å²) < 4.78 is 4.52. The first-order valence-electron chi connectivity index (χ1n) is 29.7. The average Bonchev–Trinajstić information content (AvgIpc) is 1.07. The summed E-state index contributed by atoms with van der Waals surface area (Å²) in [6, 6.07) is 60.0. The zero-order valence-corrected chi connectivity index (χ0v) is 52.0. The molecular formula is C77H74N6O6. The largest absolute Gasteiger partial charge is 0.872 e. The number of anilines is 4. The molecule has 2 aliphatic rings. The summed E-state index contributed by atoms with van der Waals surface area (Å²) in [7, 11) is 12.6. The second-order valence-electron chi connectivity index (χ2n) is 23.1. The first-order chi connectivity index (χ1) is 42.8. The molecule has 10 aromatic rings. The lowest BCUT2D eigenvalue weighted by Crippen LogP contribution is -2.33. The van der Waals surface area contributed by atoms with Crippen LogP contribution < -0.4 is 38.9 Å². The number of aryl methyl sites for hydroxylation is 2. The molecule has 0 amide bonds. The van der Waals surface area contributed by atoms with E-state index in [2.05, 4.69) is 269 Å². The lowest BCUT2D eigenvalue weighted by atomic mass is 9.90. The highest BCUT2D eigenvalue weighted by molar-refractivity contribution is 6.02. The van der Waals surface area contributed by atoms with E-state index in [-0.39, 0.29) is 40.8 Å². The highest BCUT2D eigenvalue weighted by atomic mass is 16.4.